The van der Waals surface area contributed by atoms with Gasteiger partial charge in [0.05, 0.1) is 12.6 Å². The average molecular weight is 465 g/mol. The van der Waals surface area contributed by atoms with Gasteiger partial charge >= 0.3 is 5.97 Å². The van der Waals surface area contributed by atoms with Gasteiger partial charge in [-0.3, -0.25) is 14.4 Å². The Labute approximate surface area is 194 Å². The first-order chi connectivity index (χ1) is 15.4. The van der Waals surface area contributed by atoms with Crippen LogP contribution in [0.4, 0.5) is 0 Å². The molecule has 1 aromatic carbocycles. The van der Waals surface area contributed by atoms with Crippen LogP contribution in [0.15, 0.2) is 24.3 Å². The molecule has 0 aliphatic heterocycles. The van der Waals surface area contributed by atoms with Crippen LogP contribution >= 0.6 is 0 Å². The predicted octanol–water partition coefficient (Wildman–Crippen LogP) is 0.525. The van der Waals surface area contributed by atoms with Crippen molar-refractivity contribution in [3.05, 3.63) is 29.8 Å². The summed E-state index contributed by atoms with van der Waals surface area (Å²) in [6.07, 6.45) is 1.00. The molecular formula is C23H36N4O6. The van der Waals surface area contributed by atoms with Gasteiger partial charge in [0.2, 0.25) is 17.7 Å². The van der Waals surface area contributed by atoms with Crippen LogP contribution in [0.2, 0.25) is 0 Å². The first-order valence-electron chi connectivity index (χ1n) is 11.1. The third-order valence-electron chi connectivity index (χ3n) is 5.33. The van der Waals surface area contributed by atoms with E-state index in [0.29, 0.717) is 12.0 Å². The highest BCUT2D eigenvalue weighted by molar-refractivity contribution is 5.92. The molecule has 4 atom stereocenters. The van der Waals surface area contributed by atoms with Crippen molar-refractivity contribution < 1.29 is 29.4 Å². The lowest BCUT2D eigenvalue weighted by Gasteiger charge is -2.23. The van der Waals surface area contributed by atoms with Crippen molar-refractivity contribution in [3.63, 3.8) is 0 Å². The highest BCUT2D eigenvalue weighted by atomic mass is 16.4. The Balaban J connectivity index is 2.77. The van der Waals surface area contributed by atoms with Crippen LogP contribution in [0.3, 0.4) is 0 Å². The lowest BCUT2D eigenvalue weighted by atomic mass is 9.99. The first-order valence-corrected chi connectivity index (χ1v) is 11.1. The molecule has 0 saturated carbocycles. The molecule has 4 unspecified atom stereocenters. The Morgan fingerprint density at radius 3 is 2.09 bits per heavy atom. The molecule has 184 valence electrons. The minimum atomic E-state index is -1.22. The predicted molar refractivity (Wildman–Crippen MR) is 123 cm³/mol. The van der Waals surface area contributed by atoms with Crippen molar-refractivity contribution in [2.45, 2.75) is 65.1 Å². The number of benzene rings is 1. The van der Waals surface area contributed by atoms with E-state index in [-0.39, 0.29) is 37.0 Å². The third kappa shape index (κ3) is 9.90. The maximum atomic E-state index is 12.8. The van der Waals surface area contributed by atoms with E-state index >= 15 is 0 Å². The fraction of sp³-hybridized carbons (Fsp3) is 0.565. The summed E-state index contributed by atoms with van der Waals surface area (Å²) in [6.45, 7) is 7.13. The molecule has 10 heteroatoms. The smallest absolute Gasteiger partial charge is 0.326 e. The number of carboxylic acids is 1. The fourth-order valence-electron chi connectivity index (χ4n) is 3.09. The molecule has 0 fully saturated rings. The van der Waals surface area contributed by atoms with Crippen LogP contribution in [0.1, 0.15) is 46.1 Å². The molecule has 0 spiro atoms. The van der Waals surface area contributed by atoms with Gasteiger partial charge in [-0.25, -0.2) is 4.79 Å². The van der Waals surface area contributed by atoms with Crippen molar-refractivity contribution in [2.24, 2.45) is 17.6 Å². The summed E-state index contributed by atoms with van der Waals surface area (Å²) >= 11 is 0. The van der Waals surface area contributed by atoms with Gasteiger partial charge in [-0.2, -0.15) is 0 Å². The number of nitrogens with one attached hydrogen (secondary N) is 3. The number of nitrogens with two attached hydrogens (primary N) is 1. The lowest BCUT2D eigenvalue weighted by Crippen LogP contribution is -2.54. The molecule has 0 saturated heterocycles. The van der Waals surface area contributed by atoms with Gasteiger partial charge < -0.3 is 31.9 Å². The van der Waals surface area contributed by atoms with E-state index in [0.717, 1.165) is 0 Å². The highest BCUT2D eigenvalue weighted by Gasteiger charge is 2.28. The van der Waals surface area contributed by atoms with E-state index in [1.165, 1.54) is 12.1 Å². The molecule has 0 heterocycles. The summed E-state index contributed by atoms with van der Waals surface area (Å²) in [6, 6.07) is 3.06. The van der Waals surface area contributed by atoms with Gasteiger partial charge in [0, 0.05) is 6.42 Å². The number of hydrogen-bond donors (Lipinski definition) is 6. The Morgan fingerprint density at radius 1 is 0.970 bits per heavy atom. The average Bonchev–Trinajstić information content (AvgIpc) is 2.76. The van der Waals surface area contributed by atoms with Crippen molar-refractivity contribution in [2.75, 3.05) is 6.54 Å². The zero-order chi connectivity index (χ0) is 25.1. The number of phenols is 1. The minimum absolute atomic E-state index is 0.00720. The maximum absolute atomic E-state index is 12.8. The molecular weight excluding hydrogens is 428 g/mol. The molecule has 0 aliphatic rings. The Morgan fingerprint density at radius 2 is 1.58 bits per heavy atom. The summed E-state index contributed by atoms with van der Waals surface area (Å²) in [5, 5.41) is 26.4. The highest BCUT2D eigenvalue weighted by Crippen LogP contribution is 2.12. The van der Waals surface area contributed by atoms with E-state index in [2.05, 4.69) is 16.0 Å². The standard InChI is InChI=1S/C23H36N4O6/c1-5-14(4)20(24)22(31)25-12-19(29)26-17(10-13(2)3)21(30)27-18(23(32)33)11-15-6-8-16(28)9-7-15/h6-9,13-14,17-18,20,28H,5,10-12,24H2,1-4H3,(H,25,31)(H,26,29)(H,27,30)(H,32,33). The molecule has 33 heavy (non-hydrogen) atoms. The molecule has 0 bridgehead atoms. The number of carbonyl (C=O) groups excluding carboxylic acids is 3. The van der Waals surface area contributed by atoms with Gasteiger partial charge in [-0.05, 0) is 36.0 Å². The fourth-order valence-corrected chi connectivity index (χ4v) is 3.09. The number of hydrogen-bond acceptors (Lipinski definition) is 6. The van der Waals surface area contributed by atoms with Gasteiger partial charge in [-0.15, -0.1) is 0 Å². The second-order valence-corrected chi connectivity index (χ2v) is 8.65. The number of phenolic OH excluding ortho intramolecular Hbond substituents is 1. The summed E-state index contributed by atoms with van der Waals surface area (Å²) in [7, 11) is 0. The van der Waals surface area contributed by atoms with Crippen molar-refractivity contribution in [1.29, 1.82) is 0 Å². The van der Waals surface area contributed by atoms with Crippen LogP contribution in [-0.4, -0.2) is 58.6 Å². The number of aliphatic carboxylic acids is 1. The molecule has 7 N–H and O–H groups in total. The Bertz CT molecular complexity index is 812. The molecule has 1 rings (SSSR count). The van der Waals surface area contributed by atoms with Gasteiger partial charge in [0.25, 0.3) is 0 Å². The number of aromatic hydroxyl groups is 1. The Hall–Kier alpha value is -3.14. The van der Waals surface area contributed by atoms with Crippen LogP contribution in [0.5, 0.6) is 5.75 Å². The topological polar surface area (TPSA) is 171 Å². The second kappa shape index (κ2) is 13.4. The maximum Gasteiger partial charge on any atom is 0.326 e. The second-order valence-electron chi connectivity index (χ2n) is 8.65. The van der Waals surface area contributed by atoms with E-state index in [4.69, 9.17) is 5.73 Å². The van der Waals surface area contributed by atoms with Crippen LogP contribution < -0.4 is 21.7 Å². The third-order valence-corrected chi connectivity index (χ3v) is 5.33. The summed E-state index contributed by atoms with van der Waals surface area (Å²) in [5.74, 6) is -2.85. The van der Waals surface area contributed by atoms with Crippen LogP contribution in [-0.2, 0) is 25.6 Å². The minimum Gasteiger partial charge on any atom is -0.508 e. The molecule has 0 radical (unpaired) electrons. The lowest BCUT2D eigenvalue weighted by molar-refractivity contribution is -0.142. The normalized spacial score (nSPS) is 14.6. The summed E-state index contributed by atoms with van der Waals surface area (Å²) in [4.78, 5) is 48.9. The molecule has 10 nitrogen and oxygen atoms in total. The zero-order valence-electron chi connectivity index (χ0n) is 19.6. The van der Waals surface area contributed by atoms with E-state index < -0.39 is 41.8 Å². The number of rotatable bonds is 13. The van der Waals surface area contributed by atoms with Gasteiger partial charge in [0.1, 0.15) is 17.8 Å². The molecule has 1 aromatic rings. The van der Waals surface area contributed by atoms with E-state index in [9.17, 15) is 29.4 Å². The van der Waals surface area contributed by atoms with Crippen molar-refractivity contribution in [1.82, 2.24) is 16.0 Å². The largest absolute Gasteiger partial charge is 0.508 e. The quantitative estimate of drug-likeness (QED) is 0.247. The van der Waals surface area contributed by atoms with Crippen LogP contribution in [0, 0.1) is 11.8 Å². The van der Waals surface area contributed by atoms with E-state index in [1.54, 1.807) is 12.1 Å². The SMILES string of the molecule is CCC(C)C(N)C(=O)NCC(=O)NC(CC(C)C)C(=O)NC(Cc1ccc(O)cc1)C(=O)O. The monoisotopic (exact) mass is 464 g/mol. The number of carbonyl (C=O) groups is 4. The van der Waals surface area contributed by atoms with Crippen LogP contribution in [0.25, 0.3) is 0 Å². The number of amides is 3. The van der Waals surface area contributed by atoms with Gasteiger partial charge in [0.15, 0.2) is 0 Å². The molecule has 3 amide bonds. The van der Waals surface area contributed by atoms with Gasteiger partial charge in [-0.1, -0.05) is 46.2 Å². The molecule has 0 aliphatic carbocycles. The summed E-state index contributed by atoms with van der Waals surface area (Å²) < 4.78 is 0. The summed E-state index contributed by atoms with van der Waals surface area (Å²) in [5.41, 5.74) is 6.47. The van der Waals surface area contributed by atoms with E-state index in [1.807, 2.05) is 27.7 Å². The zero-order valence-corrected chi connectivity index (χ0v) is 19.6. The van der Waals surface area contributed by atoms with Crippen molar-refractivity contribution >= 4 is 23.7 Å². The van der Waals surface area contributed by atoms with Crippen molar-refractivity contribution in [3.8, 4) is 5.75 Å². The molecule has 0 aromatic heterocycles. The Kier molecular flexibility index (Phi) is 11.3. The number of carboxylic acid groups (broad SMARTS) is 1. The first kappa shape index (κ1) is 27.9.